The highest BCUT2D eigenvalue weighted by molar-refractivity contribution is 6.00. The van der Waals surface area contributed by atoms with Crippen molar-refractivity contribution in [2.75, 3.05) is 33.9 Å². The fourth-order valence-electron chi connectivity index (χ4n) is 5.97. The topological polar surface area (TPSA) is 117 Å². The molecule has 2 fully saturated rings. The lowest BCUT2D eigenvalue weighted by Gasteiger charge is -2.32. The Labute approximate surface area is 246 Å². The summed E-state index contributed by atoms with van der Waals surface area (Å²) in [5.41, 5.74) is 0.370. The van der Waals surface area contributed by atoms with E-state index in [2.05, 4.69) is 10.6 Å². The van der Waals surface area contributed by atoms with Crippen molar-refractivity contribution < 1.29 is 28.7 Å². The second kappa shape index (κ2) is 12.9. The van der Waals surface area contributed by atoms with Gasteiger partial charge in [0.25, 0.3) is 5.91 Å². The first kappa shape index (κ1) is 29.6. The maximum Gasteiger partial charge on any atom is 0.255 e. The van der Waals surface area contributed by atoms with Gasteiger partial charge in [0.05, 0.1) is 24.3 Å². The highest BCUT2D eigenvalue weighted by Gasteiger charge is 2.53. The minimum atomic E-state index is -0.958. The van der Waals surface area contributed by atoms with Crippen molar-refractivity contribution in [2.45, 2.75) is 68.6 Å². The van der Waals surface area contributed by atoms with Crippen LogP contribution in [0, 0.1) is 0 Å². The molecule has 2 N–H and O–H groups in total. The lowest BCUT2D eigenvalue weighted by molar-refractivity contribution is -0.139. The summed E-state index contributed by atoms with van der Waals surface area (Å²) < 4.78 is 11.6. The summed E-state index contributed by atoms with van der Waals surface area (Å²) in [5.74, 6) is -0.807. The molecule has 0 bridgehead atoms. The highest BCUT2D eigenvalue weighted by Crippen LogP contribution is 2.38. The van der Waals surface area contributed by atoms with Gasteiger partial charge in [-0.3, -0.25) is 19.2 Å². The van der Waals surface area contributed by atoms with Gasteiger partial charge in [0.1, 0.15) is 23.9 Å². The van der Waals surface area contributed by atoms with Crippen LogP contribution in [0.3, 0.4) is 0 Å². The van der Waals surface area contributed by atoms with E-state index in [9.17, 15) is 19.2 Å². The predicted octanol–water partition coefficient (Wildman–Crippen LogP) is 2.31. The molecular formula is C32H40N4O6. The molecule has 1 aliphatic carbocycles. The number of hydrogen-bond donors (Lipinski definition) is 2. The molecule has 5 rings (SSSR count). The number of nitrogens with zero attached hydrogens (tertiary/aromatic N) is 2. The number of nitrogens with one attached hydrogen (secondary N) is 2. The van der Waals surface area contributed by atoms with Gasteiger partial charge in [-0.25, -0.2) is 0 Å². The van der Waals surface area contributed by atoms with E-state index in [1.165, 1.54) is 0 Å². The van der Waals surface area contributed by atoms with Crippen LogP contribution in [0.2, 0.25) is 0 Å². The van der Waals surface area contributed by atoms with Crippen molar-refractivity contribution in [1.82, 2.24) is 20.4 Å². The van der Waals surface area contributed by atoms with Crippen molar-refractivity contribution in [3.8, 4) is 5.75 Å². The number of fused-ring (bicyclic) bond motifs is 1. The molecule has 2 heterocycles. The lowest BCUT2D eigenvalue weighted by Crippen LogP contribution is -2.54. The summed E-state index contributed by atoms with van der Waals surface area (Å²) in [5, 5.41) is 5.86. The fourth-order valence-corrected chi connectivity index (χ4v) is 5.97. The Morgan fingerprint density at radius 2 is 1.76 bits per heavy atom. The molecule has 42 heavy (non-hydrogen) atoms. The summed E-state index contributed by atoms with van der Waals surface area (Å²) in [6, 6.07) is 15.4. The van der Waals surface area contributed by atoms with E-state index in [0.717, 1.165) is 18.4 Å². The van der Waals surface area contributed by atoms with E-state index in [1.807, 2.05) is 30.3 Å². The van der Waals surface area contributed by atoms with Gasteiger partial charge in [-0.2, -0.15) is 0 Å². The van der Waals surface area contributed by atoms with Gasteiger partial charge in [-0.1, -0.05) is 42.5 Å². The molecule has 4 amide bonds. The molecule has 1 spiro atoms. The van der Waals surface area contributed by atoms with Gasteiger partial charge in [0, 0.05) is 27.1 Å². The molecule has 0 aromatic heterocycles. The van der Waals surface area contributed by atoms with Gasteiger partial charge < -0.3 is 29.9 Å². The van der Waals surface area contributed by atoms with E-state index in [4.69, 9.17) is 9.47 Å². The zero-order valence-corrected chi connectivity index (χ0v) is 24.3. The first-order valence-electron chi connectivity index (χ1n) is 14.8. The number of methoxy groups -OCH3 is 1. The van der Waals surface area contributed by atoms with E-state index in [0.29, 0.717) is 38.2 Å². The third-order valence-electron chi connectivity index (χ3n) is 8.57. The zero-order valence-electron chi connectivity index (χ0n) is 24.3. The largest absolute Gasteiger partial charge is 0.491 e. The van der Waals surface area contributed by atoms with Crippen LogP contribution in [0.15, 0.2) is 54.6 Å². The molecule has 2 aliphatic heterocycles. The molecule has 1 saturated carbocycles. The van der Waals surface area contributed by atoms with Crippen LogP contribution < -0.4 is 15.4 Å². The minimum Gasteiger partial charge on any atom is -0.491 e. The predicted molar refractivity (Wildman–Crippen MR) is 156 cm³/mol. The Bertz CT molecular complexity index is 1300. The minimum absolute atomic E-state index is 0.0101. The van der Waals surface area contributed by atoms with Crippen molar-refractivity contribution in [3.63, 3.8) is 0 Å². The maximum atomic E-state index is 13.8. The number of rotatable bonds is 5. The first-order chi connectivity index (χ1) is 20.3. The molecule has 2 aromatic rings. The Balaban J connectivity index is 1.44. The van der Waals surface area contributed by atoms with Crippen molar-refractivity contribution in [1.29, 1.82) is 0 Å². The second-order valence-electron chi connectivity index (χ2n) is 11.5. The number of likely N-dealkylation sites (N-methyl/N-ethyl adjacent to an activating group) is 1. The SMILES string of the molecule is COC[C@@H]1CCCN1C(=O)[C@@H]1CCC(=O)NC2(CC2)C(=O)N(C)[C@@H](Cc2ccccc2)COc2ccccc2C(=O)N1. The highest BCUT2D eigenvalue weighted by atomic mass is 16.5. The molecular weight excluding hydrogens is 536 g/mol. The van der Waals surface area contributed by atoms with E-state index < -0.39 is 17.5 Å². The van der Waals surface area contributed by atoms with Crippen LogP contribution >= 0.6 is 0 Å². The van der Waals surface area contributed by atoms with Gasteiger partial charge in [0.15, 0.2) is 0 Å². The van der Waals surface area contributed by atoms with Crippen LogP contribution in [0.25, 0.3) is 0 Å². The zero-order chi connectivity index (χ0) is 29.7. The number of para-hydroxylation sites is 1. The summed E-state index contributed by atoms with van der Waals surface area (Å²) in [6.07, 6.45) is 3.40. The van der Waals surface area contributed by atoms with Crippen LogP contribution in [0.5, 0.6) is 5.75 Å². The van der Waals surface area contributed by atoms with Gasteiger partial charge >= 0.3 is 0 Å². The summed E-state index contributed by atoms with van der Waals surface area (Å²) in [7, 11) is 3.34. The van der Waals surface area contributed by atoms with E-state index in [-0.39, 0.29) is 54.8 Å². The van der Waals surface area contributed by atoms with Crippen LogP contribution in [0.1, 0.15) is 54.4 Å². The molecule has 2 aromatic carbocycles. The summed E-state index contributed by atoms with van der Waals surface area (Å²) in [4.78, 5) is 57.7. The molecule has 224 valence electrons. The molecule has 10 nitrogen and oxygen atoms in total. The lowest BCUT2D eigenvalue weighted by atomic mass is 10.0. The monoisotopic (exact) mass is 576 g/mol. The van der Waals surface area contributed by atoms with Gasteiger partial charge in [-0.15, -0.1) is 0 Å². The Morgan fingerprint density at radius 3 is 2.50 bits per heavy atom. The molecule has 3 atom stereocenters. The van der Waals surface area contributed by atoms with Gasteiger partial charge in [-0.05, 0) is 56.2 Å². The van der Waals surface area contributed by atoms with Gasteiger partial charge in [0.2, 0.25) is 17.7 Å². The Kier molecular flexibility index (Phi) is 9.11. The average Bonchev–Trinajstić information content (AvgIpc) is 3.63. The smallest absolute Gasteiger partial charge is 0.255 e. The molecule has 1 saturated heterocycles. The molecule has 0 radical (unpaired) electrons. The van der Waals surface area contributed by atoms with Crippen LogP contribution in [-0.4, -0.2) is 91.0 Å². The van der Waals surface area contributed by atoms with Crippen molar-refractivity contribution >= 4 is 23.6 Å². The Morgan fingerprint density at radius 1 is 1.02 bits per heavy atom. The maximum absolute atomic E-state index is 13.8. The number of carbonyl (C=O) groups excluding carboxylic acids is 4. The number of ether oxygens (including phenoxy) is 2. The number of benzene rings is 2. The molecule has 10 heteroatoms. The standard InChI is InChI=1S/C32H40N4O6/c1-35-24(19-22-9-4-3-5-10-22)21-42-27-13-7-6-12-25(27)29(38)33-26(30(39)36-18-8-11-23(36)20-41-2)14-15-28(37)34-32(16-17-32)31(35)40/h3-7,9-10,12-13,23-24,26H,8,11,14-21H2,1-2H3,(H,33,38)(H,34,37)/t23-,24-,26-/m0/s1. The summed E-state index contributed by atoms with van der Waals surface area (Å²) >= 11 is 0. The third-order valence-corrected chi connectivity index (χ3v) is 8.57. The number of hydrogen-bond acceptors (Lipinski definition) is 6. The normalized spacial score (nSPS) is 24.6. The third kappa shape index (κ3) is 6.59. The van der Waals surface area contributed by atoms with E-state index in [1.54, 1.807) is 48.2 Å². The number of amides is 4. The van der Waals surface area contributed by atoms with Crippen molar-refractivity contribution in [2.24, 2.45) is 0 Å². The first-order valence-corrected chi connectivity index (χ1v) is 14.8. The second-order valence-corrected chi connectivity index (χ2v) is 11.5. The van der Waals surface area contributed by atoms with E-state index >= 15 is 0 Å². The van der Waals surface area contributed by atoms with Crippen LogP contribution in [0.4, 0.5) is 0 Å². The number of carbonyl (C=O) groups is 4. The van der Waals surface area contributed by atoms with Crippen molar-refractivity contribution in [3.05, 3.63) is 65.7 Å². The average molecular weight is 577 g/mol. The molecule has 0 unspecified atom stereocenters. The molecule has 3 aliphatic rings. The summed E-state index contributed by atoms with van der Waals surface area (Å²) in [6.45, 7) is 1.12. The number of likely N-dealkylation sites (tertiary alicyclic amines) is 1. The Hall–Kier alpha value is -3.92. The quantitative estimate of drug-likeness (QED) is 0.564. The fraction of sp³-hybridized carbons (Fsp3) is 0.500. The van der Waals surface area contributed by atoms with Crippen LogP contribution in [-0.2, 0) is 25.5 Å².